The van der Waals surface area contributed by atoms with Crippen LogP contribution >= 0.6 is 0 Å². The molecule has 0 aliphatic rings. The van der Waals surface area contributed by atoms with Gasteiger partial charge in [0.05, 0.1) is 6.26 Å². The van der Waals surface area contributed by atoms with E-state index in [4.69, 9.17) is 5.11 Å². The summed E-state index contributed by atoms with van der Waals surface area (Å²) in [6, 6.07) is 0. The molecule has 0 aliphatic carbocycles. The molecule has 0 unspecified atom stereocenters. The highest BCUT2D eigenvalue weighted by Gasteiger charge is 2.44. The molecule has 0 aromatic carbocycles. The standard InChI is InChI=1S/C9H14O4.H3N/c1-4-9(5-2,7(10)11)8(12)13-6-3;/h6H,3-5H2,1-2H3,(H,10,11);1H3. The molecule has 0 spiro atoms. The summed E-state index contributed by atoms with van der Waals surface area (Å²) in [6.07, 6.45) is 1.38. The van der Waals surface area contributed by atoms with Crippen LogP contribution < -0.4 is 6.15 Å². The third-order valence-electron chi connectivity index (χ3n) is 2.20. The number of carboxylic acid groups (broad SMARTS) is 1. The normalized spacial score (nSPS) is 9.86. The van der Waals surface area contributed by atoms with Crippen molar-refractivity contribution in [3.05, 3.63) is 12.8 Å². The minimum Gasteiger partial charge on any atom is -0.480 e. The average molecular weight is 203 g/mol. The van der Waals surface area contributed by atoms with Crippen molar-refractivity contribution in [2.24, 2.45) is 5.41 Å². The first-order chi connectivity index (χ1) is 6.05. The fourth-order valence-electron chi connectivity index (χ4n) is 1.12. The van der Waals surface area contributed by atoms with Crippen LogP contribution in [0.25, 0.3) is 0 Å². The molecule has 82 valence electrons. The zero-order valence-corrected chi connectivity index (χ0v) is 8.58. The van der Waals surface area contributed by atoms with Gasteiger partial charge in [-0.15, -0.1) is 0 Å². The second-order valence-electron chi connectivity index (χ2n) is 2.67. The predicted molar refractivity (Wildman–Crippen MR) is 52.0 cm³/mol. The molecule has 14 heavy (non-hydrogen) atoms. The van der Waals surface area contributed by atoms with Gasteiger partial charge in [0.1, 0.15) is 0 Å². The number of carbonyl (C=O) groups is 2. The maximum atomic E-state index is 11.3. The Morgan fingerprint density at radius 2 is 1.86 bits per heavy atom. The highest BCUT2D eigenvalue weighted by molar-refractivity contribution is 5.99. The molecule has 0 saturated carbocycles. The van der Waals surface area contributed by atoms with Crippen LogP contribution in [-0.2, 0) is 14.3 Å². The molecule has 0 aromatic rings. The van der Waals surface area contributed by atoms with E-state index >= 15 is 0 Å². The summed E-state index contributed by atoms with van der Waals surface area (Å²) >= 11 is 0. The molecule has 0 saturated heterocycles. The van der Waals surface area contributed by atoms with Crippen molar-refractivity contribution in [3.8, 4) is 0 Å². The summed E-state index contributed by atoms with van der Waals surface area (Å²) in [5.41, 5.74) is -1.42. The highest BCUT2D eigenvalue weighted by atomic mass is 16.5. The SMILES string of the molecule is C=COC(=O)C(CC)(CC)C(=O)O.N. The van der Waals surface area contributed by atoms with Crippen molar-refractivity contribution in [3.63, 3.8) is 0 Å². The first kappa shape index (κ1) is 15.1. The lowest BCUT2D eigenvalue weighted by atomic mass is 9.82. The summed E-state index contributed by atoms with van der Waals surface area (Å²) in [5.74, 6) is -1.90. The lowest BCUT2D eigenvalue weighted by Gasteiger charge is -2.22. The van der Waals surface area contributed by atoms with Crippen LogP contribution in [0.5, 0.6) is 0 Å². The molecule has 0 atom stereocenters. The molecule has 0 heterocycles. The van der Waals surface area contributed by atoms with Crippen LogP contribution in [0.15, 0.2) is 12.8 Å². The molecule has 5 heteroatoms. The highest BCUT2D eigenvalue weighted by Crippen LogP contribution is 2.28. The third kappa shape index (κ3) is 2.56. The van der Waals surface area contributed by atoms with Crippen LogP contribution in [0.4, 0.5) is 0 Å². The predicted octanol–water partition coefficient (Wildman–Crippen LogP) is 1.73. The van der Waals surface area contributed by atoms with Crippen molar-refractivity contribution >= 4 is 11.9 Å². The van der Waals surface area contributed by atoms with E-state index in [1.54, 1.807) is 13.8 Å². The Balaban J connectivity index is 0. The van der Waals surface area contributed by atoms with Gasteiger partial charge in [-0.1, -0.05) is 20.4 Å². The van der Waals surface area contributed by atoms with Crippen molar-refractivity contribution in [1.29, 1.82) is 0 Å². The van der Waals surface area contributed by atoms with Gasteiger partial charge < -0.3 is 16.0 Å². The van der Waals surface area contributed by atoms with E-state index in [2.05, 4.69) is 11.3 Å². The van der Waals surface area contributed by atoms with E-state index in [1.165, 1.54) is 0 Å². The van der Waals surface area contributed by atoms with E-state index in [-0.39, 0.29) is 19.0 Å². The minimum absolute atomic E-state index is 0. The average Bonchev–Trinajstić information content (AvgIpc) is 2.07. The second-order valence-corrected chi connectivity index (χ2v) is 2.67. The van der Waals surface area contributed by atoms with Crippen molar-refractivity contribution in [2.45, 2.75) is 26.7 Å². The van der Waals surface area contributed by atoms with E-state index in [1.807, 2.05) is 0 Å². The molecule has 0 amide bonds. The largest absolute Gasteiger partial charge is 0.480 e. The summed E-state index contributed by atoms with van der Waals surface area (Å²) in [5, 5.41) is 8.89. The molecular formula is C9H17NO4. The Morgan fingerprint density at radius 3 is 2.07 bits per heavy atom. The molecule has 0 radical (unpaired) electrons. The lowest BCUT2D eigenvalue weighted by molar-refractivity contribution is -0.165. The first-order valence-electron chi connectivity index (χ1n) is 4.10. The summed E-state index contributed by atoms with van der Waals surface area (Å²) in [6.45, 7) is 6.49. The van der Waals surface area contributed by atoms with Gasteiger partial charge in [0.15, 0.2) is 5.41 Å². The van der Waals surface area contributed by atoms with Gasteiger partial charge >= 0.3 is 11.9 Å². The molecular weight excluding hydrogens is 186 g/mol. The van der Waals surface area contributed by atoms with Gasteiger partial charge in [-0.05, 0) is 12.8 Å². The van der Waals surface area contributed by atoms with Gasteiger partial charge in [0, 0.05) is 0 Å². The smallest absolute Gasteiger partial charge is 0.328 e. The summed E-state index contributed by atoms with van der Waals surface area (Å²) in [4.78, 5) is 22.2. The summed E-state index contributed by atoms with van der Waals surface area (Å²) in [7, 11) is 0. The Labute approximate surface area is 83.3 Å². The lowest BCUT2D eigenvalue weighted by Crippen LogP contribution is -2.38. The van der Waals surface area contributed by atoms with Crippen LogP contribution in [0.1, 0.15) is 26.7 Å². The Kier molecular flexibility index (Phi) is 6.64. The third-order valence-corrected chi connectivity index (χ3v) is 2.20. The quantitative estimate of drug-likeness (QED) is 0.402. The van der Waals surface area contributed by atoms with Gasteiger partial charge in [-0.2, -0.15) is 0 Å². The van der Waals surface area contributed by atoms with Crippen LogP contribution in [0, 0.1) is 5.41 Å². The zero-order chi connectivity index (χ0) is 10.5. The van der Waals surface area contributed by atoms with E-state index < -0.39 is 17.4 Å². The van der Waals surface area contributed by atoms with E-state index in [9.17, 15) is 9.59 Å². The number of carbonyl (C=O) groups excluding carboxylic acids is 1. The van der Waals surface area contributed by atoms with Crippen molar-refractivity contribution in [1.82, 2.24) is 6.15 Å². The zero-order valence-electron chi connectivity index (χ0n) is 8.58. The van der Waals surface area contributed by atoms with Crippen LogP contribution in [-0.4, -0.2) is 17.0 Å². The summed E-state index contributed by atoms with van der Waals surface area (Å²) < 4.78 is 4.49. The minimum atomic E-state index is -1.42. The fraction of sp³-hybridized carbons (Fsp3) is 0.556. The number of rotatable bonds is 5. The maximum Gasteiger partial charge on any atom is 0.328 e. The Morgan fingerprint density at radius 1 is 1.43 bits per heavy atom. The van der Waals surface area contributed by atoms with Crippen molar-refractivity contribution < 1.29 is 19.4 Å². The van der Waals surface area contributed by atoms with E-state index in [0.717, 1.165) is 6.26 Å². The molecule has 0 aliphatic heterocycles. The molecule has 0 aromatic heterocycles. The molecule has 0 fully saturated rings. The van der Waals surface area contributed by atoms with Crippen LogP contribution in [0.3, 0.4) is 0 Å². The monoisotopic (exact) mass is 203 g/mol. The second kappa shape index (κ2) is 6.15. The van der Waals surface area contributed by atoms with Gasteiger partial charge in [0.25, 0.3) is 0 Å². The fourth-order valence-corrected chi connectivity index (χ4v) is 1.12. The number of hydrogen-bond donors (Lipinski definition) is 2. The molecule has 4 N–H and O–H groups in total. The number of hydrogen-bond acceptors (Lipinski definition) is 4. The van der Waals surface area contributed by atoms with Gasteiger partial charge in [-0.25, -0.2) is 0 Å². The van der Waals surface area contributed by atoms with Crippen molar-refractivity contribution in [2.75, 3.05) is 0 Å². The topological polar surface area (TPSA) is 98.6 Å². The van der Waals surface area contributed by atoms with Crippen LogP contribution in [0.2, 0.25) is 0 Å². The van der Waals surface area contributed by atoms with Gasteiger partial charge in [0.2, 0.25) is 0 Å². The Hall–Kier alpha value is -1.36. The number of ether oxygens (including phenoxy) is 1. The Bertz CT molecular complexity index is 221. The molecule has 5 nitrogen and oxygen atoms in total. The molecule has 0 bridgehead atoms. The molecule has 0 rings (SSSR count). The number of aliphatic carboxylic acids is 1. The number of esters is 1. The van der Waals surface area contributed by atoms with E-state index in [0.29, 0.717) is 0 Å². The first-order valence-corrected chi connectivity index (χ1v) is 4.10. The number of carboxylic acids is 1. The maximum absolute atomic E-state index is 11.3. The van der Waals surface area contributed by atoms with Gasteiger partial charge in [-0.3, -0.25) is 9.59 Å².